The number of Topliss-reactive ketones (excluding diaryl/α,β-unsaturated/α-hetero) is 2. The average molecular weight is 323 g/mol. The molecule has 0 saturated heterocycles. The molecular formula is C19H21N3O2. The van der Waals surface area contributed by atoms with Gasteiger partial charge >= 0.3 is 0 Å². The predicted octanol–water partition coefficient (Wildman–Crippen LogP) is 2.83. The molecule has 1 aliphatic rings. The summed E-state index contributed by atoms with van der Waals surface area (Å²) in [6.07, 6.45) is 9.61. The van der Waals surface area contributed by atoms with Crippen LogP contribution in [0.5, 0.6) is 0 Å². The van der Waals surface area contributed by atoms with Gasteiger partial charge in [-0.1, -0.05) is 12.2 Å². The number of allylic oxidation sites excluding steroid dienone is 3. The van der Waals surface area contributed by atoms with Gasteiger partial charge in [-0.15, -0.1) is 0 Å². The van der Waals surface area contributed by atoms with Gasteiger partial charge in [-0.25, -0.2) is 4.98 Å². The maximum atomic E-state index is 12.3. The molecule has 0 aromatic carbocycles. The second kappa shape index (κ2) is 6.43. The van der Waals surface area contributed by atoms with Crippen LogP contribution in [-0.2, 0) is 9.59 Å². The lowest BCUT2D eigenvalue weighted by atomic mass is 9.78. The first kappa shape index (κ1) is 16.2. The number of nitrogens with zero attached hydrogens (tertiary/aromatic N) is 2. The van der Waals surface area contributed by atoms with Crippen molar-refractivity contribution in [3.8, 4) is 0 Å². The minimum atomic E-state index is -0.704. The zero-order chi connectivity index (χ0) is 17.3. The highest BCUT2D eigenvalue weighted by Gasteiger charge is 2.36. The number of hydrogen-bond acceptors (Lipinski definition) is 4. The van der Waals surface area contributed by atoms with E-state index in [1.54, 1.807) is 6.20 Å². The van der Waals surface area contributed by atoms with Crippen LogP contribution >= 0.6 is 0 Å². The first-order valence-corrected chi connectivity index (χ1v) is 8.01. The maximum Gasteiger partial charge on any atom is 0.141 e. The molecule has 1 atom stereocenters. The van der Waals surface area contributed by atoms with Crippen molar-refractivity contribution in [2.45, 2.75) is 19.8 Å². The van der Waals surface area contributed by atoms with Crippen LogP contribution in [0.2, 0.25) is 0 Å². The molecule has 1 aliphatic heterocycles. The van der Waals surface area contributed by atoms with Crippen molar-refractivity contribution in [1.29, 1.82) is 0 Å². The Hall–Kier alpha value is -2.69. The molecule has 0 amide bonds. The monoisotopic (exact) mass is 323 g/mol. The first-order chi connectivity index (χ1) is 11.5. The summed E-state index contributed by atoms with van der Waals surface area (Å²) in [7, 11) is 1.98. The van der Waals surface area contributed by atoms with E-state index in [1.165, 1.54) is 13.8 Å². The van der Waals surface area contributed by atoms with E-state index in [2.05, 4.69) is 14.9 Å². The number of aromatic nitrogens is 2. The summed E-state index contributed by atoms with van der Waals surface area (Å²) in [5.41, 5.74) is 2.66. The zero-order valence-electron chi connectivity index (χ0n) is 14.1. The van der Waals surface area contributed by atoms with Gasteiger partial charge in [-0.2, -0.15) is 0 Å². The highest BCUT2D eigenvalue weighted by Crippen LogP contribution is 2.39. The summed E-state index contributed by atoms with van der Waals surface area (Å²) in [4.78, 5) is 34.2. The Bertz CT molecular complexity index is 833. The fraction of sp³-hybridized carbons (Fsp3) is 0.316. The smallest absolute Gasteiger partial charge is 0.141 e. The van der Waals surface area contributed by atoms with Crippen molar-refractivity contribution in [3.63, 3.8) is 0 Å². The van der Waals surface area contributed by atoms with Crippen LogP contribution in [-0.4, -0.2) is 40.0 Å². The lowest BCUT2D eigenvalue weighted by molar-refractivity contribution is -0.131. The summed E-state index contributed by atoms with van der Waals surface area (Å²) in [5.74, 6) is -1.26. The Labute approximate surface area is 141 Å². The normalized spacial score (nSPS) is 15.7. The summed E-state index contributed by atoms with van der Waals surface area (Å²) < 4.78 is 0. The molecule has 1 N–H and O–H groups in total. The highest BCUT2D eigenvalue weighted by atomic mass is 16.1. The van der Waals surface area contributed by atoms with E-state index in [0.717, 1.165) is 28.8 Å². The topological polar surface area (TPSA) is 66.1 Å². The molecule has 2 aromatic heterocycles. The number of aromatic amines is 1. The average Bonchev–Trinajstić information content (AvgIpc) is 2.96. The number of likely N-dealkylation sites (N-methyl/N-ethyl adjacent to an activating group) is 1. The fourth-order valence-electron chi connectivity index (χ4n) is 3.46. The molecule has 1 unspecified atom stereocenters. The van der Waals surface area contributed by atoms with Crippen molar-refractivity contribution < 1.29 is 9.59 Å². The van der Waals surface area contributed by atoms with Crippen LogP contribution in [0.4, 0.5) is 0 Å². The molecule has 2 aromatic rings. The van der Waals surface area contributed by atoms with Crippen LogP contribution < -0.4 is 0 Å². The summed E-state index contributed by atoms with van der Waals surface area (Å²) >= 11 is 0. The molecule has 3 rings (SSSR count). The van der Waals surface area contributed by atoms with Crippen LogP contribution in [0.25, 0.3) is 11.0 Å². The van der Waals surface area contributed by atoms with Gasteiger partial charge in [0, 0.05) is 43.0 Å². The zero-order valence-corrected chi connectivity index (χ0v) is 14.1. The predicted molar refractivity (Wildman–Crippen MR) is 93.5 cm³/mol. The lowest BCUT2D eigenvalue weighted by Gasteiger charge is -2.33. The molecular weight excluding hydrogens is 302 g/mol. The standard InChI is InChI=1S/C19H21N3O2/c1-12(23)17(13(2)24)18(16-8-4-5-10-22(16)3)15-11-21-19-14(15)7-6-9-20-19/h4-9,11,17-18H,10H2,1-3H3,(H,20,21). The number of ketones is 2. The number of fused-ring (bicyclic) bond motifs is 1. The first-order valence-electron chi connectivity index (χ1n) is 8.01. The molecule has 0 fully saturated rings. The second-order valence-corrected chi connectivity index (χ2v) is 6.22. The number of pyridine rings is 1. The Morgan fingerprint density at radius 1 is 1.29 bits per heavy atom. The van der Waals surface area contributed by atoms with Gasteiger partial charge in [0.2, 0.25) is 0 Å². The molecule has 5 nitrogen and oxygen atoms in total. The van der Waals surface area contributed by atoms with Gasteiger partial charge in [0.15, 0.2) is 0 Å². The number of rotatable bonds is 5. The molecule has 0 radical (unpaired) electrons. The summed E-state index contributed by atoms with van der Waals surface area (Å²) in [6, 6.07) is 3.84. The van der Waals surface area contributed by atoms with Crippen molar-refractivity contribution in [2.24, 2.45) is 5.92 Å². The Morgan fingerprint density at radius 2 is 2.04 bits per heavy atom. The molecule has 0 bridgehead atoms. The van der Waals surface area contributed by atoms with Crippen LogP contribution in [0.15, 0.2) is 48.5 Å². The van der Waals surface area contributed by atoms with Crippen LogP contribution in [0.3, 0.4) is 0 Å². The van der Waals surface area contributed by atoms with E-state index < -0.39 is 5.92 Å². The number of hydrogen-bond donors (Lipinski definition) is 1. The van der Waals surface area contributed by atoms with Gasteiger partial charge in [-0.05, 0) is 37.6 Å². The Kier molecular flexibility index (Phi) is 4.34. The maximum absolute atomic E-state index is 12.3. The number of nitrogens with one attached hydrogen (secondary N) is 1. The third kappa shape index (κ3) is 2.77. The van der Waals surface area contributed by atoms with Gasteiger partial charge in [0.25, 0.3) is 0 Å². The van der Waals surface area contributed by atoms with Crippen LogP contribution in [0, 0.1) is 5.92 Å². The van der Waals surface area contributed by atoms with Crippen molar-refractivity contribution in [1.82, 2.24) is 14.9 Å². The third-order valence-electron chi connectivity index (χ3n) is 4.57. The van der Waals surface area contributed by atoms with Gasteiger partial charge in [0.1, 0.15) is 17.2 Å². The molecule has 0 spiro atoms. The Balaban J connectivity index is 2.22. The summed E-state index contributed by atoms with van der Waals surface area (Å²) in [5, 5.41) is 0.943. The third-order valence-corrected chi connectivity index (χ3v) is 4.57. The number of H-pyrrole nitrogens is 1. The van der Waals surface area contributed by atoms with E-state index in [0.29, 0.717) is 0 Å². The van der Waals surface area contributed by atoms with Crippen LogP contribution in [0.1, 0.15) is 25.3 Å². The van der Waals surface area contributed by atoms with E-state index >= 15 is 0 Å². The molecule has 124 valence electrons. The molecule has 3 heterocycles. The van der Waals surface area contributed by atoms with Crippen molar-refractivity contribution in [3.05, 3.63) is 54.0 Å². The van der Waals surface area contributed by atoms with Gasteiger partial charge < -0.3 is 9.88 Å². The molecule has 24 heavy (non-hydrogen) atoms. The van der Waals surface area contributed by atoms with E-state index in [1.807, 2.05) is 43.6 Å². The quantitative estimate of drug-likeness (QED) is 0.859. The van der Waals surface area contributed by atoms with E-state index in [9.17, 15) is 9.59 Å². The van der Waals surface area contributed by atoms with Gasteiger partial charge in [-0.3, -0.25) is 9.59 Å². The fourth-order valence-corrected chi connectivity index (χ4v) is 3.46. The molecule has 0 aliphatic carbocycles. The Morgan fingerprint density at radius 3 is 2.71 bits per heavy atom. The highest BCUT2D eigenvalue weighted by molar-refractivity contribution is 6.02. The van der Waals surface area contributed by atoms with Crippen molar-refractivity contribution >= 4 is 22.6 Å². The second-order valence-electron chi connectivity index (χ2n) is 6.22. The minimum absolute atomic E-state index is 0.116. The van der Waals surface area contributed by atoms with E-state index in [-0.39, 0.29) is 17.5 Å². The minimum Gasteiger partial charge on any atom is -0.374 e. The number of carbonyl (C=O) groups is 2. The molecule has 0 saturated carbocycles. The number of carbonyl (C=O) groups excluding carboxylic acids is 2. The van der Waals surface area contributed by atoms with Crippen molar-refractivity contribution in [2.75, 3.05) is 13.6 Å². The van der Waals surface area contributed by atoms with Gasteiger partial charge in [0.05, 0.1) is 5.92 Å². The largest absolute Gasteiger partial charge is 0.374 e. The lowest BCUT2D eigenvalue weighted by Crippen LogP contribution is -2.34. The summed E-state index contributed by atoms with van der Waals surface area (Å²) in [6.45, 7) is 3.74. The van der Waals surface area contributed by atoms with E-state index in [4.69, 9.17) is 0 Å². The SMILES string of the molecule is CC(=O)C(C(C)=O)C(C1=CC=CCN1C)c1c[nH]c2ncccc12. The molecule has 5 heteroatoms.